The van der Waals surface area contributed by atoms with Crippen LogP contribution in [0.25, 0.3) is 11.0 Å². The van der Waals surface area contributed by atoms with Crippen LogP contribution in [0.1, 0.15) is 70.8 Å². The van der Waals surface area contributed by atoms with Crippen LogP contribution >= 0.6 is 11.6 Å². The average molecular weight is 496 g/mol. The average Bonchev–Trinajstić information content (AvgIpc) is 3.51. The molecule has 1 aromatic heterocycles. The number of carbonyl (C=O) groups excluding carboxylic acids is 3. The van der Waals surface area contributed by atoms with Crippen LogP contribution in [-0.4, -0.2) is 52.2 Å². The highest BCUT2D eigenvalue weighted by molar-refractivity contribution is 6.31. The second-order valence-corrected chi connectivity index (χ2v) is 9.27. The molecule has 1 saturated heterocycles. The zero-order valence-electron chi connectivity index (χ0n) is 20.0. The molecule has 35 heavy (non-hydrogen) atoms. The molecule has 184 valence electrons. The van der Waals surface area contributed by atoms with Crippen molar-refractivity contribution in [3.05, 3.63) is 63.9 Å². The molecule has 1 unspecified atom stereocenters. The largest absolute Gasteiger partial charge is 0.356 e. The quantitative estimate of drug-likeness (QED) is 0.436. The number of imidazole rings is 1. The number of hydrogen-bond acceptors (Lipinski definition) is 4. The molecule has 1 atom stereocenters. The third-order valence-corrected chi connectivity index (χ3v) is 6.48. The predicted octanol–water partition coefficient (Wildman–Crippen LogP) is 4.15. The lowest BCUT2D eigenvalue weighted by Crippen LogP contribution is -2.31. The molecule has 1 aliphatic rings. The van der Waals surface area contributed by atoms with E-state index in [1.165, 1.54) is 0 Å². The van der Waals surface area contributed by atoms with Crippen molar-refractivity contribution >= 4 is 40.4 Å². The summed E-state index contributed by atoms with van der Waals surface area (Å²) < 4.78 is 0. The molecule has 0 radical (unpaired) electrons. The van der Waals surface area contributed by atoms with Gasteiger partial charge in [-0.15, -0.1) is 0 Å². The summed E-state index contributed by atoms with van der Waals surface area (Å²) in [5.74, 6) is 0.171. The fourth-order valence-corrected chi connectivity index (χ4v) is 4.55. The Bertz CT molecular complexity index is 1250. The van der Waals surface area contributed by atoms with E-state index in [-0.39, 0.29) is 24.1 Å². The van der Waals surface area contributed by atoms with E-state index in [2.05, 4.69) is 20.6 Å². The van der Waals surface area contributed by atoms with Crippen LogP contribution in [0.3, 0.4) is 0 Å². The van der Waals surface area contributed by atoms with Crippen LogP contribution in [0.5, 0.6) is 0 Å². The summed E-state index contributed by atoms with van der Waals surface area (Å²) >= 11 is 6.10. The van der Waals surface area contributed by atoms with Crippen molar-refractivity contribution < 1.29 is 14.4 Å². The van der Waals surface area contributed by atoms with Crippen molar-refractivity contribution in [1.82, 2.24) is 25.5 Å². The lowest BCUT2D eigenvalue weighted by molar-refractivity contribution is -0.121. The summed E-state index contributed by atoms with van der Waals surface area (Å²) in [4.78, 5) is 47.8. The predicted molar refractivity (Wildman–Crippen MR) is 136 cm³/mol. The van der Waals surface area contributed by atoms with Crippen LogP contribution in [0.4, 0.5) is 0 Å². The molecule has 1 aliphatic heterocycles. The smallest absolute Gasteiger partial charge is 0.254 e. The lowest BCUT2D eigenvalue weighted by atomic mass is 10.0. The van der Waals surface area contributed by atoms with E-state index in [0.29, 0.717) is 40.5 Å². The number of hydrogen-bond donors (Lipinski definition) is 3. The number of amides is 3. The molecule has 2 heterocycles. The first kappa shape index (κ1) is 24.7. The van der Waals surface area contributed by atoms with Gasteiger partial charge in [-0.2, -0.15) is 0 Å². The Labute approximate surface area is 209 Å². The molecule has 0 spiro atoms. The van der Waals surface area contributed by atoms with Crippen molar-refractivity contribution in [3.63, 3.8) is 0 Å². The fourth-order valence-electron chi connectivity index (χ4n) is 4.38. The minimum atomic E-state index is -0.512. The van der Waals surface area contributed by atoms with Crippen molar-refractivity contribution in [1.29, 1.82) is 0 Å². The monoisotopic (exact) mass is 495 g/mol. The first-order valence-corrected chi connectivity index (χ1v) is 12.4. The van der Waals surface area contributed by atoms with E-state index >= 15 is 0 Å². The molecule has 9 heteroatoms. The molecule has 0 bridgehead atoms. The normalized spacial score (nSPS) is 14.2. The summed E-state index contributed by atoms with van der Waals surface area (Å²) in [5, 5.41) is 6.36. The molecule has 3 N–H and O–H groups in total. The number of H-pyrrole nitrogens is 1. The van der Waals surface area contributed by atoms with Gasteiger partial charge in [0, 0.05) is 42.2 Å². The number of rotatable bonds is 8. The first-order valence-electron chi connectivity index (χ1n) is 12.0. The van der Waals surface area contributed by atoms with Gasteiger partial charge in [-0.25, -0.2) is 4.98 Å². The molecule has 3 aromatic rings. The first-order chi connectivity index (χ1) is 16.9. The number of aromatic nitrogens is 2. The van der Waals surface area contributed by atoms with Gasteiger partial charge in [-0.05, 0) is 75.1 Å². The van der Waals surface area contributed by atoms with Gasteiger partial charge < -0.3 is 20.5 Å². The maximum Gasteiger partial charge on any atom is 0.254 e. The summed E-state index contributed by atoms with van der Waals surface area (Å²) in [7, 11) is 0. The van der Waals surface area contributed by atoms with Crippen molar-refractivity contribution in [2.75, 3.05) is 19.6 Å². The van der Waals surface area contributed by atoms with Gasteiger partial charge in [0.2, 0.25) is 5.91 Å². The molecule has 2 aromatic carbocycles. The van der Waals surface area contributed by atoms with E-state index in [0.717, 1.165) is 37.0 Å². The Balaban J connectivity index is 1.54. The highest BCUT2D eigenvalue weighted by Gasteiger charge is 2.23. The number of aryl methyl sites for hydroxylation is 1. The number of fused-ring (bicyclic) bond motifs is 1. The number of aromatic amines is 1. The fraction of sp³-hybridized carbons (Fsp3) is 0.385. The van der Waals surface area contributed by atoms with Crippen molar-refractivity contribution in [3.8, 4) is 0 Å². The number of likely N-dealkylation sites (tertiary alicyclic amines) is 1. The Morgan fingerprint density at radius 3 is 2.63 bits per heavy atom. The summed E-state index contributed by atoms with van der Waals surface area (Å²) in [6.07, 6.45) is 2.66. The lowest BCUT2D eigenvalue weighted by Gasteiger charge is -2.19. The highest BCUT2D eigenvalue weighted by atomic mass is 35.5. The Hall–Kier alpha value is -3.39. The van der Waals surface area contributed by atoms with E-state index in [1.807, 2.05) is 24.8 Å². The topological polar surface area (TPSA) is 107 Å². The van der Waals surface area contributed by atoms with Gasteiger partial charge in [0.15, 0.2) is 0 Å². The van der Waals surface area contributed by atoms with Gasteiger partial charge >= 0.3 is 0 Å². The molecule has 0 saturated carbocycles. The van der Waals surface area contributed by atoms with E-state index in [9.17, 15) is 14.4 Å². The maximum atomic E-state index is 13.2. The van der Waals surface area contributed by atoms with E-state index in [1.54, 1.807) is 30.3 Å². The van der Waals surface area contributed by atoms with E-state index in [4.69, 9.17) is 11.6 Å². The van der Waals surface area contributed by atoms with E-state index < -0.39 is 6.04 Å². The standard InChI is InChI=1S/C26H30ClN5O3/c1-3-28-23(33)11-10-21(24-29-20-9-7-18(27)15-22(20)30-24)31-25(34)17-6-8-19(16(2)14-17)26(35)32-12-4-5-13-32/h6-9,14-15,21H,3-5,10-13H2,1-2H3,(H,28,33)(H,29,30)(H,31,34). The van der Waals surface area contributed by atoms with Gasteiger partial charge in [-0.1, -0.05) is 11.6 Å². The SMILES string of the molecule is CCNC(=O)CCC(NC(=O)c1ccc(C(=O)N2CCCC2)c(C)c1)c1nc2cc(Cl)ccc2[nH]1. The molecular formula is C26H30ClN5O3. The molecule has 0 aliphatic carbocycles. The Kier molecular flexibility index (Phi) is 7.70. The van der Waals surface area contributed by atoms with Crippen molar-refractivity contribution in [2.45, 2.75) is 45.6 Å². The van der Waals surface area contributed by atoms with Gasteiger partial charge in [0.25, 0.3) is 11.8 Å². The van der Waals surface area contributed by atoms with Crippen LogP contribution in [0.2, 0.25) is 5.02 Å². The second-order valence-electron chi connectivity index (χ2n) is 8.83. The van der Waals surface area contributed by atoms with Gasteiger partial charge in [0.05, 0.1) is 17.1 Å². The Morgan fingerprint density at radius 2 is 1.91 bits per heavy atom. The molecular weight excluding hydrogens is 466 g/mol. The summed E-state index contributed by atoms with van der Waals surface area (Å²) in [6.45, 7) is 5.80. The van der Waals surface area contributed by atoms with Gasteiger partial charge in [0.1, 0.15) is 5.82 Å². The molecule has 3 amide bonds. The number of halogens is 1. The molecule has 8 nitrogen and oxygen atoms in total. The number of benzene rings is 2. The minimum absolute atomic E-state index is 0.00714. The van der Waals surface area contributed by atoms with Gasteiger partial charge in [-0.3, -0.25) is 14.4 Å². The summed E-state index contributed by atoms with van der Waals surface area (Å²) in [6, 6.07) is 9.96. The van der Waals surface area contributed by atoms with Crippen LogP contribution in [-0.2, 0) is 4.79 Å². The van der Waals surface area contributed by atoms with Crippen LogP contribution in [0, 0.1) is 6.92 Å². The number of nitrogens with one attached hydrogen (secondary N) is 3. The maximum absolute atomic E-state index is 13.2. The highest BCUT2D eigenvalue weighted by Crippen LogP contribution is 2.24. The number of nitrogens with zero attached hydrogens (tertiary/aromatic N) is 2. The third kappa shape index (κ3) is 5.82. The van der Waals surface area contributed by atoms with Crippen LogP contribution < -0.4 is 10.6 Å². The number of carbonyl (C=O) groups is 3. The molecule has 4 rings (SSSR count). The summed E-state index contributed by atoms with van der Waals surface area (Å²) in [5.41, 5.74) is 3.30. The molecule has 1 fully saturated rings. The minimum Gasteiger partial charge on any atom is -0.356 e. The Morgan fingerprint density at radius 1 is 1.14 bits per heavy atom. The zero-order chi connectivity index (χ0) is 24.9. The van der Waals surface area contributed by atoms with Crippen molar-refractivity contribution in [2.24, 2.45) is 0 Å². The zero-order valence-corrected chi connectivity index (χ0v) is 20.7. The third-order valence-electron chi connectivity index (χ3n) is 6.25. The second kappa shape index (κ2) is 10.9. The van der Waals surface area contributed by atoms with Crippen LogP contribution in [0.15, 0.2) is 36.4 Å².